The molecule has 1 aliphatic heterocycles. The Balaban J connectivity index is 1.77. The molecular weight excluding hydrogens is 332 g/mol. The number of nitrogens with zero attached hydrogens (tertiary/aromatic N) is 2. The second-order valence-corrected chi connectivity index (χ2v) is 7.38. The average molecular weight is 354 g/mol. The molecule has 0 fully saturated rings. The van der Waals surface area contributed by atoms with E-state index in [1.807, 2.05) is 6.07 Å². The minimum Gasteiger partial charge on any atom is -0.350 e. The molecule has 1 aliphatic rings. The molecule has 0 amide bonds. The lowest BCUT2D eigenvalue weighted by Gasteiger charge is -2.17. The quantitative estimate of drug-likeness (QED) is 0.366. The summed E-state index contributed by atoms with van der Waals surface area (Å²) in [5, 5.41) is 2.37. The summed E-state index contributed by atoms with van der Waals surface area (Å²) in [6, 6.07) is 16.8. The van der Waals surface area contributed by atoms with E-state index in [0.29, 0.717) is 0 Å². The predicted octanol–water partition coefficient (Wildman–Crippen LogP) is 5.21. The van der Waals surface area contributed by atoms with Crippen molar-refractivity contribution in [1.29, 1.82) is 0 Å². The molecule has 0 unspecified atom stereocenters. The van der Waals surface area contributed by atoms with Gasteiger partial charge in [0.25, 0.3) is 0 Å². The molecule has 0 N–H and O–H groups in total. The molecule has 0 bridgehead atoms. The first-order valence-electron chi connectivity index (χ1n) is 9.59. The molecule has 27 heavy (non-hydrogen) atoms. The van der Waals surface area contributed by atoms with Crippen molar-refractivity contribution in [2.24, 2.45) is 7.05 Å². The number of aldehydes is 1. The molecule has 3 heterocycles. The molecule has 0 aliphatic carbocycles. The Morgan fingerprint density at radius 2 is 1.70 bits per heavy atom. The Bertz CT molecular complexity index is 1210. The van der Waals surface area contributed by atoms with Crippen molar-refractivity contribution in [3.8, 4) is 0 Å². The summed E-state index contributed by atoms with van der Waals surface area (Å²) in [6.45, 7) is 1.04. The van der Waals surface area contributed by atoms with E-state index in [9.17, 15) is 4.79 Å². The van der Waals surface area contributed by atoms with Crippen LogP contribution in [-0.4, -0.2) is 15.4 Å². The number of aromatic nitrogens is 2. The largest absolute Gasteiger partial charge is 0.350 e. The zero-order chi connectivity index (χ0) is 18.4. The standard InChI is InChI=1S/C24H22N2O/c1-25-15-17(19-8-2-4-10-21(19)25)14-18(16-27)24-20-9-3-5-11-22(20)26-13-7-6-12-23(24)26/h2-5,8-11,14-16H,6-7,12-13H2,1H3/b18-14-. The Hall–Kier alpha value is -3.07. The van der Waals surface area contributed by atoms with Gasteiger partial charge in [-0.1, -0.05) is 36.4 Å². The molecule has 0 saturated heterocycles. The second kappa shape index (κ2) is 6.27. The topological polar surface area (TPSA) is 26.9 Å². The first-order valence-corrected chi connectivity index (χ1v) is 9.59. The van der Waals surface area contributed by atoms with Gasteiger partial charge in [0.2, 0.25) is 0 Å². The molecule has 0 spiro atoms. The number of fused-ring (bicyclic) bond motifs is 4. The van der Waals surface area contributed by atoms with Gasteiger partial charge in [-0.05, 0) is 37.5 Å². The monoisotopic (exact) mass is 354 g/mol. The Morgan fingerprint density at radius 1 is 0.963 bits per heavy atom. The summed E-state index contributed by atoms with van der Waals surface area (Å²) in [5.41, 5.74) is 6.72. The van der Waals surface area contributed by atoms with Gasteiger partial charge in [-0.15, -0.1) is 0 Å². The summed E-state index contributed by atoms with van der Waals surface area (Å²) < 4.78 is 4.53. The van der Waals surface area contributed by atoms with E-state index in [-0.39, 0.29) is 0 Å². The third-order valence-electron chi connectivity index (χ3n) is 5.78. The minimum absolute atomic E-state index is 0.776. The molecule has 2 aromatic carbocycles. The molecule has 2 aromatic heterocycles. The van der Waals surface area contributed by atoms with Crippen LogP contribution in [0, 0.1) is 0 Å². The van der Waals surface area contributed by atoms with Crippen molar-refractivity contribution < 1.29 is 4.79 Å². The fourth-order valence-electron chi connectivity index (χ4n) is 4.58. The normalized spacial score (nSPS) is 14.6. The van der Waals surface area contributed by atoms with Gasteiger partial charge in [-0.2, -0.15) is 0 Å². The molecule has 134 valence electrons. The number of carbonyl (C=O) groups excluding carboxylic acids is 1. The van der Waals surface area contributed by atoms with Crippen molar-refractivity contribution in [1.82, 2.24) is 9.13 Å². The second-order valence-electron chi connectivity index (χ2n) is 7.38. The number of hydrogen-bond donors (Lipinski definition) is 0. The van der Waals surface area contributed by atoms with Crippen LogP contribution in [0.3, 0.4) is 0 Å². The molecule has 0 radical (unpaired) electrons. The highest BCUT2D eigenvalue weighted by atomic mass is 16.1. The lowest BCUT2D eigenvalue weighted by molar-refractivity contribution is -0.103. The van der Waals surface area contributed by atoms with E-state index in [1.54, 1.807) is 0 Å². The van der Waals surface area contributed by atoms with Crippen molar-refractivity contribution in [3.63, 3.8) is 0 Å². The van der Waals surface area contributed by atoms with Gasteiger partial charge in [-0.3, -0.25) is 4.79 Å². The smallest absolute Gasteiger partial charge is 0.150 e. The van der Waals surface area contributed by atoms with Gasteiger partial charge in [0.1, 0.15) is 0 Å². The minimum atomic E-state index is 0.776. The molecular formula is C24H22N2O. The van der Waals surface area contributed by atoms with Crippen LogP contribution in [0.15, 0.2) is 54.7 Å². The van der Waals surface area contributed by atoms with E-state index in [0.717, 1.165) is 36.0 Å². The number of benzene rings is 2. The van der Waals surface area contributed by atoms with E-state index in [2.05, 4.69) is 70.9 Å². The Kier molecular flexibility index (Phi) is 3.75. The van der Waals surface area contributed by atoms with Crippen LogP contribution in [-0.2, 0) is 24.8 Å². The van der Waals surface area contributed by atoms with Gasteiger partial charge in [-0.25, -0.2) is 0 Å². The zero-order valence-corrected chi connectivity index (χ0v) is 15.5. The summed E-state index contributed by atoms with van der Waals surface area (Å²) in [5.74, 6) is 0. The van der Waals surface area contributed by atoms with Gasteiger partial charge in [0.15, 0.2) is 6.29 Å². The van der Waals surface area contributed by atoms with Crippen molar-refractivity contribution >= 4 is 39.7 Å². The van der Waals surface area contributed by atoms with Crippen molar-refractivity contribution in [2.75, 3.05) is 0 Å². The van der Waals surface area contributed by atoms with Crippen molar-refractivity contribution in [2.45, 2.75) is 25.8 Å². The Morgan fingerprint density at radius 3 is 2.52 bits per heavy atom. The van der Waals surface area contributed by atoms with Crippen LogP contribution in [0.4, 0.5) is 0 Å². The molecule has 4 aromatic rings. The summed E-state index contributed by atoms with van der Waals surface area (Å²) >= 11 is 0. The molecule has 0 saturated carbocycles. The van der Waals surface area contributed by atoms with Crippen LogP contribution in [0.5, 0.6) is 0 Å². The average Bonchev–Trinajstić information content (AvgIpc) is 3.22. The maximum absolute atomic E-state index is 12.2. The SMILES string of the molecule is Cn1cc(/C=C(/C=O)c2c3n(c4ccccc24)CCCC3)c2ccccc21. The van der Waals surface area contributed by atoms with Crippen LogP contribution < -0.4 is 0 Å². The van der Waals surface area contributed by atoms with E-state index in [1.165, 1.54) is 40.3 Å². The third kappa shape index (κ3) is 2.46. The lowest BCUT2D eigenvalue weighted by Crippen LogP contribution is -2.10. The fraction of sp³-hybridized carbons (Fsp3) is 0.208. The number of aryl methyl sites for hydroxylation is 2. The van der Waals surface area contributed by atoms with E-state index < -0.39 is 0 Å². The van der Waals surface area contributed by atoms with Gasteiger partial charge in [0.05, 0.1) is 0 Å². The van der Waals surface area contributed by atoms with Gasteiger partial charge < -0.3 is 9.13 Å². The molecule has 5 rings (SSSR count). The Labute approximate surface area is 158 Å². The number of para-hydroxylation sites is 2. The third-order valence-corrected chi connectivity index (χ3v) is 5.78. The van der Waals surface area contributed by atoms with Gasteiger partial charge >= 0.3 is 0 Å². The van der Waals surface area contributed by atoms with Gasteiger partial charge in [0, 0.05) is 64.0 Å². The highest BCUT2D eigenvalue weighted by molar-refractivity contribution is 6.19. The first kappa shape index (κ1) is 16.1. The molecule has 0 atom stereocenters. The van der Waals surface area contributed by atoms with Crippen LogP contribution in [0.1, 0.15) is 29.7 Å². The van der Waals surface area contributed by atoms with E-state index in [4.69, 9.17) is 0 Å². The molecule has 3 nitrogen and oxygen atoms in total. The van der Waals surface area contributed by atoms with Crippen LogP contribution >= 0.6 is 0 Å². The molecule has 3 heteroatoms. The highest BCUT2D eigenvalue weighted by Crippen LogP contribution is 2.36. The maximum Gasteiger partial charge on any atom is 0.150 e. The summed E-state index contributed by atoms with van der Waals surface area (Å²) in [4.78, 5) is 12.2. The highest BCUT2D eigenvalue weighted by Gasteiger charge is 2.22. The number of hydrogen-bond acceptors (Lipinski definition) is 1. The zero-order valence-electron chi connectivity index (χ0n) is 15.5. The van der Waals surface area contributed by atoms with E-state index >= 15 is 0 Å². The maximum atomic E-state index is 12.2. The summed E-state index contributed by atoms with van der Waals surface area (Å²) in [7, 11) is 2.05. The van der Waals surface area contributed by atoms with Crippen molar-refractivity contribution in [3.05, 3.63) is 71.5 Å². The first-order chi connectivity index (χ1) is 13.3. The number of rotatable bonds is 3. The number of carbonyl (C=O) groups is 1. The predicted molar refractivity (Wildman–Crippen MR) is 112 cm³/mol. The fourth-order valence-corrected chi connectivity index (χ4v) is 4.58. The summed E-state index contributed by atoms with van der Waals surface area (Å²) in [6.07, 6.45) is 8.62. The van der Waals surface area contributed by atoms with Crippen LogP contribution in [0.2, 0.25) is 0 Å². The van der Waals surface area contributed by atoms with Crippen LogP contribution in [0.25, 0.3) is 33.5 Å². The lowest BCUT2D eigenvalue weighted by atomic mass is 9.97. The number of allylic oxidation sites excluding steroid dienone is 1.